The molecule has 0 amide bonds. The molecule has 1 aromatic carbocycles. The van der Waals surface area contributed by atoms with Crippen LogP contribution in [0, 0.1) is 13.8 Å². The van der Waals surface area contributed by atoms with Gasteiger partial charge in [0.05, 0.1) is 21.6 Å². The van der Waals surface area contributed by atoms with Gasteiger partial charge in [-0.25, -0.2) is 13.1 Å². The molecule has 7 heteroatoms. The van der Waals surface area contributed by atoms with Crippen molar-refractivity contribution < 1.29 is 12.8 Å². The Morgan fingerprint density at radius 1 is 1.29 bits per heavy atom. The zero-order chi connectivity index (χ0) is 15.8. The Morgan fingerprint density at radius 2 is 1.95 bits per heavy atom. The highest BCUT2D eigenvalue weighted by Gasteiger charge is 2.21. The number of aryl methyl sites for hydroxylation is 2. The maximum Gasteiger partial charge on any atom is 0.241 e. The van der Waals surface area contributed by atoms with Gasteiger partial charge in [0.15, 0.2) is 0 Å². The fraction of sp³-hybridized carbons (Fsp3) is 0.286. The molecule has 2 aromatic rings. The van der Waals surface area contributed by atoms with Crippen LogP contribution >= 0.6 is 11.6 Å². The van der Waals surface area contributed by atoms with Crippen molar-refractivity contribution in [3.63, 3.8) is 0 Å². The summed E-state index contributed by atoms with van der Waals surface area (Å²) in [5, 5.41) is 0.364. The van der Waals surface area contributed by atoms with Crippen molar-refractivity contribution in [2.75, 3.05) is 5.73 Å². The Labute approximate surface area is 129 Å². The minimum atomic E-state index is -3.71. The van der Waals surface area contributed by atoms with Crippen LogP contribution in [0.5, 0.6) is 0 Å². The first kappa shape index (κ1) is 15.9. The number of halogens is 1. The van der Waals surface area contributed by atoms with Crippen LogP contribution in [0.3, 0.4) is 0 Å². The van der Waals surface area contributed by atoms with Crippen LogP contribution in [-0.4, -0.2) is 8.42 Å². The standard InChI is InChI=1S/C14H17ClN2O3S/c1-8-6-11(7-12(16)14(8)15)21(18,19)17-10(3)13-5-4-9(2)20-13/h4-7,10,17H,16H2,1-3H3. The molecule has 1 heterocycles. The molecule has 0 spiro atoms. The molecule has 0 bridgehead atoms. The summed E-state index contributed by atoms with van der Waals surface area (Å²) >= 11 is 5.95. The highest BCUT2D eigenvalue weighted by Crippen LogP contribution is 2.27. The first-order valence-electron chi connectivity index (χ1n) is 6.35. The SMILES string of the molecule is Cc1ccc(C(C)NS(=O)(=O)c2cc(C)c(Cl)c(N)c2)o1. The average molecular weight is 329 g/mol. The topological polar surface area (TPSA) is 85.3 Å². The van der Waals surface area contributed by atoms with Crippen LogP contribution in [0.4, 0.5) is 5.69 Å². The average Bonchev–Trinajstić information content (AvgIpc) is 2.81. The minimum absolute atomic E-state index is 0.0806. The normalized spacial score (nSPS) is 13.3. The third-order valence-electron chi connectivity index (χ3n) is 3.09. The molecule has 0 saturated heterocycles. The van der Waals surface area contributed by atoms with E-state index in [-0.39, 0.29) is 10.6 Å². The number of hydrogen-bond donors (Lipinski definition) is 2. The maximum absolute atomic E-state index is 12.4. The van der Waals surface area contributed by atoms with Gasteiger partial charge >= 0.3 is 0 Å². The summed E-state index contributed by atoms with van der Waals surface area (Å²) in [6.45, 7) is 5.22. The largest absolute Gasteiger partial charge is 0.465 e. The summed E-state index contributed by atoms with van der Waals surface area (Å²) in [5.74, 6) is 1.28. The molecule has 0 aliphatic rings. The molecule has 1 aromatic heterocycles. The highest BCUT2D eigenvalue weighted by molar-refractivity contribution is 7.89. The lowest BCUT2D eigenvalue weighted by molar-refractivity contribution is 0.441. The minimum Gasteiger partial charge on any atom is -0.465 e. The van der Waals surface area contributed by atoms with E-state index < -0.39 is 16.1 Å². The van der Waals surface area contributed by atoms with E-state index >= 15 is 0 Å². The van der Waals surface area contributed by atoms with Crippen LogP contribution in [0.15, 0.2) is 33.6 Å². The maximum atomic E-state index is 12.4. The molecule has 1 unspecified atom stereocenters. The van der Waals surface area contributed by atoms with Gasteiger partial charge in [-0.1, -0.05) is 11.6 Å². The van der Waals surface area contributed by atoms with Gasteiger partial charge in [0.25, 0.3) is 0 Å². The molecule has 0 aliphatic heterocycles. The number of anilines is 1. The monoisotopic (exact) mass is 328 g/mol. The molecule has 21 heavy (non-hydrogen) atoms. The van der Waals surface area contributed by atoms with Crippen LogP contribution < -0.4 is 10.5 Å². The molecule has 2 rings (SSSR count). The van der Waals surface area contributed by atoms with Gasteiger partial charge in [0, 0.05) is 0 Å². The van der Waals surface area contributed by atoms with Crippen LogP contribution in [-0.2, 0) is 10.0 Å². The Bertz CT molecular complexity index is 745. The molecule has 5 nitrogen and oxygen atoms in total. The van der Waals surface area contributed by atoms with Gasteiger partial charge in [-0.3, -0.25) is 0 Å². The Hall–Kier alpha value is -1.50. The van der Waals surface area contributed by atoms with Crippen molar-refractivity contribution in [1.29, 1.82) is 0 Å². The molecule has 0 saturated carbocycles. The third kappa shape index (κ3) is 3.40. The number of rotatable bonds is 4. The number of furan rings is 1. The van der Waals surface area contributed by atoms with Crippen molar-refractivity contribution >= 4 is 27.3 Å². The van der Waals surface area contributed by atoms with E-state index in [0.29, 0.717) is 16.3 Å². The first-order valence-corrected chi connectivity index (χ1v) is 8.21. The van der Waals surface area contributed by atoms with Crippen molar-refractivity contribution in [2.45, 2.75) is 31.7 Å². The lowest BCUT2D eigenvalue weighted by atomic mass is 10.2. The summed E-state index contributed by atoms with van der Waals surface area (Å²) in [5.41, 5.74) is 6.57. The molecular formula is C14H17ClN2O3S. The zero-order valence-corrected chi connectivity index (χ0v) is 13.5. The summed E-state index contributed by atoms with van der Waals surface area (Å²) in [6, 6.07) is 5.87. The second-order valence-corrected chi connectivity index (χ2v) is 7.03. The second-order valence-electron chi connectivity index (χ2n) is 4.93. The fourth-order valence-electron chi connectivity index (χ4n) is 1.96. The summed E-state index contributed by atoms with van der Waals surface area (Å²) in [7, 11) is -3.71. The zero-order valence-electron chi connectivity index (χ0n) is 12.0. The van der Waals surface area contributed by atoms with Crippen molar-refractivity contribution in [1.82, 2.24) is 4.72 Å². The van der Waals surface area contributed by atoms with E-state index in [1.165, 1.54) is 12.1 Å². The van der Waals surface area contributed by atoms with E-state index in [4.69, 9.17) is 21.8 Å². The van der Waals surface area contributed by atoms with Crippen LogP contribution in [0.25, 0.3) is 0 Å². The highest BCUT2D eigenvalue weighted by atomic mass is 35.5. The van der Waals surface area contributed by atoms with E-state index in [2.05, 4.69) is 4.72 Å². The Morgan fingerprint density at radius 3 is 2.48 bits per heavy atom. The number of hydrogen-bond acceptors (Lipinski definition) is 4. The van der Waals surface area contributed by atoms with Gasteiger partial charge in [-0.2, -0.15) is 0 Å². The quantitative estimate of drug-likeness (QED) is 0.844. The number of benzene rings is 1. The Balaban J connectivity index is 2.30. The van der Waals surface area contributed by atoms with E-state index in [9.17, 15) is 8.42 Å². The van der Waals surface area contributed by atoms with E-state index in [0.717, 1.165) is 5.76 Å². The lowest BCUT2D eigenvalue weighted by Gasteiger charge is -2.14. The number of nitrogens with two attached hydrogens (primary N) is 1. The molecule has 0 aliphatic carbocycles. The molecule has 3 N–H and O–H groups in total. The van der Waals surface area contributed by atoms with E-state index in [1.807, 2.05) is 0 Å². The summed E-state index contributed by atoms with van der Waals surface area (Å²) in [4.78, 5) is 0.0806. The van der Waals surface area contributed by atoms with Crippen LogP contribution in [0.2, 0.25) is 5.02 Å². The molecule has 114 valence electrons. The molecule has 0 radical (unpaired) electrons. The summed E-state index contributed by atoms with van der Waals surface area (Å²) < 4.78 is 32.8. The van der Waals surface area contributed by atoms with Crippen LogP contribution in [0.1, 0.15) is 30.0 Å². The van der Waals surface area contributed by atoms with Gasteiger partial charge in [0.1, 0.15) is 11.5 Å². The molecular weight excluding hydrogens is 312 g/mol. The number of nitrogens with one attached hydrogen (secondary N) is 1. The first-order chi connectivity index (χ1) is 9.70. The lowest BCUT2D eigenvalue weighted by Crippen LogP contribution is -2.26. The van der Waals surface area contributed by atoms with Gasteiger partial charge < -0.3 is 10.2 Å². The predicted molar refractivity (Wildman–Crippen MR) is 82.8 cm³/mol. The van der Waals surface area contributed by atoms with Crippen molar-refractivity contribution in [2.24, 2.45) is 0 Å². The van der Waals surface area contributed by atoms with Crippen molar-refractivity contribution in [3.05, 3.63) is 46.4 Å². The Kier molecular flexibility index (Phi) is 4.32. The number of sulfonamides is 1. The van der Waals surface area contributed by atoms with E-state index in [1.54, 1.807) is 32.9 Å². The fourth-order valence-corrected chi connectivity index (χ4v) is 3.40. The van der Waals surface area contributed by atoms with Crippen molar-refractivity contribution in [3.8, 4) is 0 Å². The third-order valence-corrected chi connectivity index (χ3v) is 5.12. The van der Waals surface area contributed by atoms with Gasteiger partial charge in [-0.15, -0.1) is 0 Å². The molecule has 1 atom stereocenters. The predicted octanol–water partition coefficient (Wildman–Crippen LogP) is 3.17. The summed E-state index contributed by atoms with van der Waals surface area (Å²) in [6.07, 6.45) is 0. The second kappa shape index (κ2) is 5.71. The van der Waals surface area contributed by atoms with Gasteiger partial charge in [-0.05, 0) is 50.6 Å². The van der Waals surface area contributed by atoms with Gasteiger partial charge in [0.2, 0.25) is 10.0 Å². The smallest absolute Gasteiger partial charge is 0.241 e. The molecule has 0 fully saturated rings. The number of nitrogen functional groups attached to an aromatic ring is 1.